The standard InChI is InChI=1S/C32H39B2FO2/c1-20-15-22(3)29(23(4)16-20)34(30-24(5)17-21(2)18-25(30)6)28(26-11-13-27(35)14-12-26)19-33-36-31(7,8)32(9,10)37-33/h11-19H,1-10H3/b28-19-. The quantitative estimate of drug-likeness (QED) is 0.374. The smallest absolute Gasteiger partial charge is 0.400 e. The molecule has 0 amide bonds. The van der Waals surface area contributed by atoms with Gasteiger partial charge in [0.2, 0.25) is 6.71 Å². The lowest BCUT2D eigenvalue weighted by Crippen LogP contribution is -2.49. The highest BCUT2D eigenvalue weighted by Crippen LogP contribution is 2.38. The van der Waals surface area contributed by atoms with Crippen LogP contribution in [0.2, 0.25) is 0 Å². The van der Waals surface area contributed by atoms with Crippen molar-refractivity contribution >= 4 is 30.2 Å². The largest absolute Gasteiger partial charge is 0.486 e. The Kier molecular flexibility index (Phi) is 7.35. The normalized spacial score (nSPS) is 16.8. The van der Waals surface area contributed by atoms with Crippen LogP contribution in [0, 0.1) is 47.4 Å². The van der Waals surface area contributed by atoms with Crippen LogP contribution in [0.25, 0.3) is 5.47 Å². The van der Waals surface area contributed by atoms with Gasteiger partial charge < -0.3 is 9.31 Å². The molecule has 1 aliphatic heterocycles. The molecule has 0 spiro atoms. The summed E-state index contributed by atoms with van der Waals surface area (Å²) in [6.45, 7) is 21.2. The topological polar surface area (TPSA) is 18.5 Å². The van der Waals surface area contributed by atoms with Gasteiger partial charge in [0.1, 0.15) is 5.82 Å². The molecule has 0 atom stereocenters. The highest BCUT2D eigenvalue weighted by molar-refractivity contribution is 7.01. The van der Waals surface area contributed by atoms with E-state index in [4.69, 9.17) is 9.31 Å². The van der Waals surface area contributed by atoms with E-state index in [0.717, 1.165) is 11.0 Å². The third-order valence-electron chi connectivity index (χ3n) is 8.13. The van der Waals surface area contributed by atoms with Crippen molar-refractivity contribution in [1.82, 2.24) is 0 Å². The van der Waals surface area contributed by atoms with Crippen LogP contribution in [0.1, 0.15) is 66.6 Å². The van der Waals surface area contributed by atoms with Crippen molar-refractivity contribution < 1.29 is 13.7 Å². The predicted molar refractivity (Wildman–Crippen MR) is 157 cm³/mol. The zero-order chi connectivity index (χ0) is 27.3. The number of rotatable bonds is 5. The summed E-state index contributed by atoms with van der Waals surface area (Å²) in [6, 6.07) is 15.8. The fourth-order valence-electron chi connectivity index (χ4n) is 5.85. The predicted octanol–water partition coefficient (Wildman–Crippen LogP) is 6.54. The third kappa shape index (κ3) is 5.35. The molecular formula is C32H39B2FO2. The van der Waals surface area contributed by atoms with Crippen molar-refractivity contribution in [3.63, 3.8) is 0 Å². The zero-order valence-electron chi connectivity index (χ0n) is 24.0. The van der Waals surface area contributed by atoms with Crippen molar-refractivity contribution in [2.45, 2.75) is 80.4 Å². The molecule has 1 saturated heterocycles. The number of halogens is 1. The van der Waals surface area contributed by atoms with Gasteiger partial charge in [0.15, 0.2) is 0 Å². The molecule has 3 aromatic rings. The van der Waals surface area contributed by atoms with Gasteiger partial charge in [-0.25, -0.2) is 4.39 Å². The molecule has 0 unspecified atom stereocenters. The summed E-state index contributed by atoms with van der Waals surface area (Å²) >= 11 is 0. The molecule has 0 aromatic heterocycles. The first kappa shape index (κ1) is 27.4. The minimum atomic E-state index is -0.523. The average molecular weight is 496 g/mol. The zero-order valence-corrected chi connectivity index (χ0v) is 24.0. The summed E-state index contributed by atoms with van der Waals surface area (Å²) in [7, 11) is -0.523. The summed E-state index contributed by atoms with van der Waals surface area (Å²) in [6.07, 6.45) is 0. The molecule has 37 heavy (non-hydrogen) atoms. The van der Waals surface area contributed by atoms with Gasteiger partial charge in [-0.05, 0) is 86.9 Å². The molecule has 1 heterocycles. The second kappa shape index (κ2) is 9.93. The molecule has 0 radical (unpaired) electrons. The van der Waals surface area contributed by atoms with Crippen LogP contribution in [-0.2, 0) is 9.31 Å². The van der Waals surface area contributed by atoms with E-state index in [-0.39, 0.29) is 12.5 Å². The van der Waals surface area contributed by atoms with Gasteiger partial charge in [-0.1, -0.05) is 92.2 Å². The number of hydrogen-bond donors (Lipinski definition) is 0. The van der Waals surface area contributed by atoms with Gasteiger partial charge in [0.25, 0.3) is 0 Å². The number of benzene rings is 3. The van der Waals surface area contributed by atoms with Gasteiger partial charge in [-0.15, -0.1) is 0 Å². The van der Waals surface area contributed by atoms with E-state index in [0.29, 0.717) is 0 Å². The molecule has 5 heteroatoms. The van der Waals surface area contributed by atoms with E-state index in [1.54, 1.807) is 0 Å². The Morgan fingerprint density at radius 2 is 1.08 bits per heavy atom. The summed E-state index contributed by atoms with van der Waals surface area (Å²) in [4.78, 5) is 0. The maximum atomic E-state index is 14.1. The van der Waals surface area contributed by atoms with E-state index >= 15 is 0 Å². The first-order chi connectivity index (χ1) is 17.2. The van der Waals surface area contributed by atoms with Gasteiger partial charge in [-0.3, -0.25) is 0 Å². The van der Waals surface area contributed by atoms with E-state index in [9.17, 15) is 4.39 Å². The maximum Gasteiger partial charge on any atom is 0.486 e. The summed E-state index contributed by atoms with van der Waals surface area (Å²) in [5.41, 5.74) is 11.1. The van der Waals surface area contributed by atoms with Crippen LogP contribution in [-0.4, -0.2) is 25.0 Å². The second-order valence-corrected chi connectivity index (χ2v) is 11.8. The molecule has 0 N–H and O–H groups in total. The van der Waals surface area contributed by atoms with E-state index in [1.165, 1.54) is 56.4 Å². The van der Waals surface area contributed by atoms with E-state index in [1.807, 2.05) is 12.1 Å². The highest BCUT2D eigenvalue weighted by Gasteiger charge is 2.50. The van der Waals surface area contributed by atoms with Crippen LogP contribution in [0.5, 0.6) is 0 Å². The average Bonchev–Trinajstić information content (AvgIpc) is 2.96. The van der Waals surface area contributed by atoms with Crippen LogP contribution in [0.4, 0.5) is 4.39 Å². The Balaban J connectivity index is 2.05. The van der Waals surface area contributed by atoms with Crippen molar-refractivity contribution in [2.24, 2.45) is 0 Å². The lowest BCUT2D eigenvalue weighted by molar-refractivity contribution is 0.00578. The lowest BCUT2D eigenvalue weighted by Gasteiger charge is -2.32. The van der Waals surface area contributed by atoms with Gasteiger partial charge in [-0.2, -0.15) is 0 Å². The van der Waals surface area contributed by atoms with Gasteiger partial charge in [0.05, 0.1) is 11.2 Å². The second-order valence-electron chi connectivity index (χ2n) is 11.8. The molecule has 2 nitrogen and oxygen atoms in total. The van der Waals surface area contributed by atoms with Crippen molar-refractivity contribution in [2.75, 3.05) is 0 Å². The van der Waals surface area contributed by atoms with Crippen LogP contribution >= 0.6 is 0 Å². The molecule has 0 aliphatic carbocycles. The summed E-state index contributed by atoms with van der Waals surface area (Å²) < 4.78 is 27.0. The Morgan fingerprint density at radius 3 is 1.46 bits per heavy atom. The van der Waals surface area contributed by atoms with Gasteiger partial charge >= 0.3 is 7.12 Å². The molecule has 0 saturated carbocycles. The first-order valence-electron chi connectivity index (χ1n) is 13.2. The summed E-state index contributed by atoms with van der Waals surface area (Å²) in [5, 5.41) is 0. The molecule has 1 aliphatic rings. The van der Waals surface area contributed by atoms with Crippen molar-refractivity contribution in [1.29, 1.82) is 0 Å². The van der Waals surface area contributed by atoms with Gasteiger partial charge in [0, 0.05) is 0 Å². The van der Waals surface area contributed by atoms with Crippen molar-refractivity contribution in [3.05, 3.63) is 99.3 Å². The van der Waals surface area contributed by atoms with Crippen LogP contribution < -0.4 is 10.9 Å². The minimum absolute atomic E-state index is 0.0781. The van der Waals surface area contributed by atoms with Crippen LogP contribution in [0.15, 0.2) is 54.5 Å². The first-order valence-corrected chi connectivity index (χ1v) is 13.2. The Labute approximate surface area is 223 Å². The highest BCUT2D eigenvalue weighted by atomic mass is 19.1. The van der Waals surface area contributed by atoms with E-state index in [2.05, 4.69) is 99.5 Å². The summed E-state index contributed by atoms with van der Waals surface area (Å²) in [5.74, 6) is 1.87. The molecule has 192 valence electrons. The molecular weight excluding hydrogens is 457 g/mol. The third-order valence-corrected chi connectivity index (χ3v) is 8.13. The molecule has 1 fully saturated rings. The molecule has 4 rings (SSSR count). The Hall–Kier alpha value is -2.62. The Morgan fingerprint density at radius 1 is 0.703 bits per heavy atom. The lowest BCUT2D eigenvalue weighted by atomic mass is 9.32. The Bertz CT molecular complexity index is 1240. The molecule has 0 bridgehead atoms. The molecule has 3 aromatic carbocycles. The van der Waals surface area contributed by atoms with Crippen LogP contribution in [0.3, 0.4) is 0 Å². The maximum absolute atomic E-state index is 14.1. The SMILES string of the molecule is Cc1cc(C)c(B(/C(=C\B2OC(C)(C)C(C)(C)O2)c2ccc(F)cc2)c2c(C)cc(C)cc2C)c(C)c1. The number of aryl methyl sites for hydroxylation is 6. The minimum Gasteiger partial charge on any atom is -0.400 e. The fourth-order valence-corrected chi connectivity index (χ4v) is 5.85. The monoisotopic (exact) mass is 496 g/mol. The van der Waals surface area contributed by atoms with E-state index < -0.39 is 18.3 Å². The number of hydrogen-bond acceptors (Lipinski definition) is 2. The fraction of sp³-hybridized carbons (Fsp3) is 0.375. The van der Waals surface area contributed by atoms with Crippen molar-refractivity contribution in [3.8, 4) is 0 Å².